The van der Waals surface area contributed by atoms with Gasteiger partial charge in [0.1, 0.15) is 0 Å². The van der Waals surface area contributed by atoms with E-state index in [4.69, 9.17) is 5.84 Å². The highest BCUT2D eigenvalue weighted by molar-refractivity contribution is 9.10. The molecule has 0 aliphatic rings. The van der Waals surface area contributed by atoms with Gasteiger partial charge in [0.25, 0.3) is 0 Å². The van der Waals surface area contributed by atoms with Crippen LogP contribution in [0.15, 0.2) is 51.8 Å². The van der Waals surface area contributed by atoms with E-state index in [9.17, 15) is 0 Å². The molecule has 0 heterocycles. The minimum absolute atomic E-state index is 0.152. The van der Waals surface area contributed by atoms with E-state index in [1.807, 2.05) is 6.07 Å². The molecule has 1 unspecified atom stereocenters. The first-order valence-corrected chi connectivity index (χ1v) is 8.30. The van der Waals surface area contributed by atoms with Gasteiger partial charge in [0, 0.05) is 15.1 Å². The van der Waals surface area contributed by atoms with Crippen molar-refractivity contribution in [3.8, 4) is 0 Å². The molecule has 3 N–H and O–H groups in total. The van der Waals surface area contributed by atoms with E-state index in [-0.39, 0.29) is 6.04 Å². The minimum Gasteiger partial charge on any atom is -0.271 e. The van der Waals surface area contributed by atoms with Gasteiger partial charge in [-0.15, -0.1) is 11.8 Å². The van der Waals surface area contributed by atoms with Crippen molar-refractivity contribution in [2.75, 3.05) is 5.75 Å². The van der Waals surface area contributed by atoms with Crippen LogP contribution in [0, 0.1) is 13.8 Å². The second-order valence-corrected chi connectivity index (χ2v) is 6.79. The summed E-state index contributed by atoms with van der Waals surface area (Å²) in [6.45, 7) is 4.28. The summed E-state index contributed by atoms with van der Waals surface area (Å²) in [7, 11) is 0. The maximum absolute atomic E-state index is 5.75. The normalized spacial score (nSPS) is 12.4. The third-order valence-electron chi connectivity index (χ3n) is 3.44. The maximum Gasteiger partial charge on any atom is 0.0556 e. The Morgan fingerprint density at radius 1 is 1.20 bits per heavy atom. The lowest BCUT2D eigenvalue weighted by Crippen LogP contribution is -2.30. The van der Waals surface area contributed by atoms with Gasteiger partial charge in [-0.05, 0) is 48.7 Å². The summed E-state index contributed by atoms with van der Waals surface area (Å²) < 4.78 is 1.10. The number of hydrogen-bond acceptors (Lipinski definition) is 3. The van der Waals surface area contributed by atoms with Crippen LogP contribution in [0.1, 0.15) is 22.7 Å². The number of aryl methyl sites for hydroxylation is 1. The van der Waals surface area contributed by atoms with Gasteiger partial charge in [-0.25, -0.2) is 0 Å². The molecule has 0 radical (unpaired) electrons. The SMILES string of the molecule is Cc1cccc(C(CSc2cccc(Br)c2)NN)c1C. The fourth-order valence-corrected chi connectivity index (χ4v) is 3.69. The highest BCUT2D eigenvalue weighted by Gasteiger charge is 2.13. The molecular weight excluding hydrogens is 332 g/mol. The highest BCUT2D eigenvalue weighted by Crippen LogP contribution is 2.28. The molecule has 106 valence electrons. The number of rotatable bonds is 5. The molecule has 0 bridgehead atoms. The Bertz CT molecular complexity index is 586. The molecule has 1 atom stereocenters. The van der Waals surface area contributed by atoms with Crippen LogP contribution < -0.4 is 11.3 Å². The number of halogens is 1. The first-order chi connectivity index (χ1) is 9.61. The van der Waals surface area contributed by atoms with Crippen molar-refractivity contribution in [2.45, 2.75) is 24.8 Å². The van der Waals surface area contributed by atoms with Crippen molar-refractivity contribution >= 4 is 27.7 Å². The van der Waals surface area contributed by atoms with Gasteiger partial charge < -0.3 is 0 Å². The molecule has 0 amide bonds. The Balaban J connectivity index is 2.11. The number of thioether (sulfide) groups is 1. The maximum atomic E-state index is 5.75. The van der Waals surface area contributed by atoms with E-state index < -0.39 is 0 Å². The molecular formula is C16H19BrN2S. The van der Waals surface area contributed by atoms with Crippen molar-refractivity contribution in [1.29, 1.82) is 0 Å². The van der Waals surface area contributed by atoms with Crippen LogP contribution in [-0.2, 0) is 0 Å². The van der Waals surface area contributed by atoms with Crippen LogP contribution in [0.4, 0.5) is 0 Å². The van der Waals surface area contributed by atoms with Crippen LogP contribution in [0.3, 0.4) is 0 Å². The lowest BCUT2D eigenvalue weighted by atomic mass is 9.99. The Hall–Kier alpha value is -0.810. The van der Waals surface area contributed by atoms with Gasteiger partial charge in [0.15, 0.2) is 0 Å². The number of nitrogens with two attached hydrogens (primary N) is 1. The Morgan fingerprint density at radius 2 is 1.95 bits per heavy atom. The summed E-state index contributed by atoms with van der Waals surface area (Å²) in [5.74, 6) is 6.65. The Labute approximate surface area is 133 Å². The lowest BCUT2D eigenvalue weighted by Gasteiger charge is -2.19. The van der Waals surface area contributed by atoms with Gasteiger partial charge in [0.2, 0.25) is 0 Å². The summed E-state index contributed by atoms with van der Waals surface area (Å²) in [6.07, 6.45) is 0. The Morgan fingerprint density at radius 3 is 2.65 bits per heavy atom. The zero-order chi connectivity index (χ0) is 14.5. The average Bonchev–Trinajstić information content (AvgIpc) is 2.44. The van der Waals surface area contributed by atoms with Gasteiger partial charge >= 0.3 is 0 Å². The lowest BCUT2D eigenvalue weighted by molar-refractivity contribution is 0.607. The molecule has 2 aromatic rings. The number of hydrazine groups is 1. The van der Waals surface area contributed by atoms with Crippen LogP contribution in [0.25, 0.3) is 0 Å². The molecule has 0 aromatic heterocycles. The fourth-order valence-electron chi connectivity index (χ4n) is 2.12. The summed E-state index contributed by atoms with van der Waals surface area (Å²) in [6, 6.07) is 14.9. The molecule has 0 fully saturated rings. The van der Waals surface area contributed by atoms with E-state index >= 15 is 0 Å². The van der Waals surface area contributed by atoms with Gasteiger partial charge in [-0.2, -0.15) is 0 Å². The smallest absolute Gasteiger partial charge is 0.0556 e. The summed E-state index contributed by atoms with van der Waals surface area (Å²) in [5, 5.41) is 0. The van der Waals surface area contributed by atoms with E-state index in [2.05, 4.69) is 71.6 Å². The molecule has 0 spiro atoms. The minimum atomic E-state index is 0.152. The summed E-state index contributed by atoms with van der Waals surface area (Å²) in [5.41, 5.74) is 6.82. The molecule has 0 saturated heterocycles. The van der Waals surface area contributed by atoms with Crippen LogP contribution in [0.5, 0.6) is 0 Å². The fraction of sp³-hybridized carbons (Fsp3) is 0.250. The topological polar surface area (TPSA) is 38.0 Å². The molecule has 2 nitrogen and oxygen atoms in total. The quantitative estimate of drug-likeness (QED) is 0.477. The molecule has 20 heavy (non-hydrogen) atoms. The average molecular weight is 351 g/mol. The molecule has 4 heteroatoms. The first kappa shape index (κ1) is 15.6. The second-order valence-electron chi connectivity index (χ2n) is 4.78. The van der Waals surface area contributed by atoms with E-state index in [0.29, 0.717) is 0 Å². The molecule has 0 saturated carbocycles. The summed E-state index contributed by atoms with van der Waals surface area (Å²) >= 11 is 5.30. The number of hydrogen-bond donors (Lipinski definition) is 2. The van der Waals surface area contributed by atoms with Crippen molar-refractivity contribution in [1.82, 2.24) is 5.43 Å². The molecule has 2 rings (SSSR count). The monoisotopic (exact) mass is 350 g/mol. The molecule has 2 aromatic carbocycles. The standard InChI is InChI=1S/C16H19BrN2S/c1-11-5-3-8-15(12(11)2)16(19-18)10-20-14-7-4-6-13(17)9-14/h3-9,16,19H,10,18H2,1-2H3. The van der Waals surface area contributed by atoms with Crippen molar-refractivity contribution < 1.29 is 0 Å². The summed E-state index contributed by atoms with van der Waals surface area (Å²) in [4.78, 5) is 1.24. The zero-order valence-corrected chi connectivity index (χ0v) is 14.1. The predicted molar refractivity (Wildman–Crippen MR) is 90.8 cm³/mol. The van der Waals surface area contributed by atoms with Crippen molar-refractivity contribution in [3.63, 3.8) is 0 Å². The number of benzene rings is 2. The van der Waals surface area contributed by atoms with Gasteiger partial charge in [-0.1, -0.05) is 40.2 Å². The van der Waals surface area contributed by atoms with Crippen molar-refractivity contribution in [3.05, 3.63) is 63.6 Å². The highest BCUT2D eigenvalue weighted by atomic mass is 79.9. The zero-order valence-electron chi connectivity index (χ0n) is 11.7. The second kappa shape index (κ2) is 7.27. The van der Waals surface area contributed by atoms with Crippen LogP contribution in [0.2, 0.25) is 0 Å². The third-order valence-corrected chi connectivity index (χ3v) is 5.02. The first-order valence-electron chi connectivity index (χ1n) is 6.52. The van der Waals surface area contributed by atoms with Crippen molar-refractivity contribution in [2.24, 2.45) is 5.84 Å². The van der Waals surface area contributed by atoms with Gasteiger partial charge in [-0.3, -0.25) is 11.3 Å². The van der Waals surface area contributed by atoms with E-state index in [1.54, 1.807) is 11.8 Å². The van der Waals surface area contributed by atoms with E-state index in [0.717, 1.165) is 10.2 Å². The third kappa shape index (κ3) is 3.85. The van der Waals surface area contributed by atoms with E-state index in [1.165, 1.54) is 21.6 Å². The molecule has 0 aliphatic heterocycles. The largest absolute Gasteiger partial charge is 0.271 e. The van der Waals surface area contributed by atoms with Gasteiger partial charge in [0.05, 0.1) is 6.04 Å². The number of nitrogens with one attached hydrogen (secondary N) is 1. The van der Waals surface area contributed by atoms with Crippen LogP contribution in [-0.4, -0.2) is 5.75 Å². The molecule has 0 aliphatic carbocycles. The Kier molecular flexibility index (Phi) is 5.66. The van der Waals surface area contributed by atoms with Crippen LogP contribution >= 0.6 is 27.7 Å². The predicted octanol–water partition coefficient (Wildman–Crippen LogP) is 4.36.